The van der Waals surface area contributed by atoms with Crippen molar-refractivity contribution in [3.05, 3.63) is 25.3 Å². The van der Waals surface area contributed by atoms with E-state index in [0.717, 1.165) is 0 Å². The van der Waals surface area contributed by atoms with Crippen molar-refractivity contribution in [3.8, 4) is 0 Å². The van der Waals surface area contributed by atoms with Gasteiger partial charge in [0.1, 0.15) is 5.60 Å². The van der Waals surface area contributed by atoms with E-state index in [4.69, 9.17) is 14.0 Å². The Morgan fingerprint density at radius 1 is 1.17 bits per heavy atom. The minimum Gasteiger partial charge on any atom is -0.444 e. The minimum absolute atomic E-state index is 0.337. The van der Waals surface area contributed by atoms with Gasteiger partial charge >= 0.3 is 13.2 Å². The lowest BCUT2D eigenvalue weighted by atomic mass is 9.75. The molecule has 0 aromatic rings. The molecular formula is C18H32BNO4. The van der Waals surface area contributed by atoms with Crippen LogP contribution in [0.5, 0.6) is 0 Å². The standard InChI is InChI=1S/C18H32BNO4/c1-10-12-14(19-23-17(6,7)18(8,9)24-19)20(13-11-2)15(21)22-16(3,4)5/h10-11,14H,1-2,12-13H2,3-9H3. The lowest BCUT2D eigenvalue weighted by Gasteiger charge is -2.33. The fourth-order valence-corrected chi connectivity index (χ4v) is 2.41. The van der Waals surface area contributed by atoms with Crippen LogP contribution in [0.3, 0.4) is 0 Å². The molecule has 1 atom stereocenters. The normalized spacial score (nSPS) is 20.4. The van der Waals surface area contributed by atoms with E-state index >= 15 is 0 Å². The quantitative estimate of drug-likeness (QED) is 0.543. The van der Waals surface area contributed by atoms with Crippen LogP contribution in [0.15, 0.2) is 25.3 Å². The van der Waals surface area contributed by atoms with Gasteiger partial charge in [0.25, 0.3) is 0 Å². The summed E-state index contributed by atoms with van der Waals surface area (Å²) in [6.07, 6.45) is 3.55. The summed E-state index contributed by atoms with van der Waals surface area (Å²) in [5.41, 5.74) is -1.51. The molecule has 1 unspecified atom stereocenters. The second-order valence-electron chi connectivity index (χ2n) is 8.14. The van der Waals surface area contributed by atoms with Gasteiger partial charge in [-0.3, -0.25) is 0 Å². The third-order valence-electron chi connectivity index (χ3n) is 4.35. The molecule has 5 nitrogen and oxygen atoms in total. The van der Waals surface area contributed by atoms with Gasteiger partial charge in [0, 0.05) is 6.54 Å². The Kier molecular flexibility index (Phi) is 6.34. The Bertz CT molecular complexity index is 466. The summed E-state index contributed by atoms with van der Waals surface area (Å²) in [6.45, 7) is 21.4. The lowest BCUT2D eigenvalue weighted by Crippen LogP contribution is -2.52. The fraction of sp³-hybridized carbons (Fsp3) is 0.722. The van der Waals surface area contributed by atoms with Crippen LogP contribution in [0.1, 0.15) is 54.9 Å². The van der Waals surface area contributed by atoms with Gasteiger partial charge in [0.05, 0.1) is 17.1 Å². The van der Waals surface area contributed by atoms with Crippen molar-refractivity contribution in [2.24, 2.45) is 0 Å². The molecule has 136 valence electrons. The Hall–Kier alpha value is -1.27. The van der Waals surface area contributed by atoms with Crippen LogP contribution in [0, 0.1) is 0 Å². The molecule has 1 aliphatic rings. The smallest absolute Gasteiger partial charge is 0.444 e. The summed E-state index contributed by atoms with van der Waals surface area (Å²) >= 11 is 0. The summed E-state index contributed by atoms with van der Waals surface area (Å²) in [4.78, 5) is 14.3. The van der Waals surface area contributed by atoms with E-state index < -0.39 is 30.0 Å². The maximum atomic E-state index is 12.7. The molecule has 6 heteroatoms. The topological polar surface area (TPSA) is 48.0 Å². The summed E-state index contributed by atoms with van der Waals surface area (Å²) in [7, 11) is -0.555. The van der Waals surface area contributed by atoms with Gasteiger partial charge in [0.2, 0.25) is 0 Å². The van der Waals surface area contributed by atoms with Crippen molar-refractivity contribution in [2.75, 3.05) is 6.54 Å². The number of amides is 1. The van der Waals surface area contributed by atoms with Gasteiger partial charge in [-0.15, -0.1) is 13.2 Å². The van der Waals surface area contributed by atoms with E-state index in [1.54, 1.807) is 17.1 Å². The van der Waals surface area contributed by atoms with Crippen molar-refractivity contribution in [2.45, 2.75) is 77.6 Å². The molecule has 1 amide bonds. The van der Waals surface area contributed by atoms with Crippen LogP contribution < -0.4 is 0 Å². The van der Waals surface area contributed by atoms with Crippen LogP contribution in [-0.4, -0.2) is 47.4 Å². The maximum Gasteiger partial charge on any atom is 0.482 e. The first kappa shape index (κ1) is 20.8. The van der Waals surface area contributed by atoms with E-state index in [-0.39, 0.29) is 5.94 Å². The molecule has 1 rings (SSSR count). The molecule has 0 aromatic heterocycles. The average Bonchev–Trinajstić information content (AvgIpc) is 2.60. The number of ether oxygens (including phenoxy) is 1. The van der Waals surface area contributed by atoms with Gasteiger partial charge < -0.3 is 18.9 Å². The van der Waals surface area contributed by atoms with Crippen LogP contribution in [0.2, 0.25) is 0 Å². The molecule has 0 N–H and O–H groups in total. The molecule has 0 bridgehead atoms. The SMILES string of the molecule is C=CCC(B1OC(C)(C)C(C)(C)O1)N(CC=C)C(=O)OC(C)(C)C. The third-order valence-corrected chi connectivity index (χ3v) is 4.35. The van der Waals surface area contributed by atoms with E-state index in [9.17, 15) is 4.79 Å². The molecule has 1 fully saturated rings. The summed E-state index contributed by atoms with van der Waals surface area (Å²) in [5, 5.41) is 0. The highest BCUT2D eigenvalue weighted by Gasteiger charge is 2.55. The molecule has 0 spiro atoms. The Morgan fingerprint density at radius 2 is 1.67 bits per heavy atom. The first-order valence-electron chi connectivity index (χ1n) is 8.41. The van der Waals surface area contributed by atoms with Crippen molar-refractivity contribution < 1.29 is 18.8 Å². The summed E-state index contributed by atoms with van der Waals surface area (Å²) in [6, 6.07) is 0. The highest BCUT2D eigenvalue weighted by Crippen LogP contribution is 2.38. The predicted molar refractivity (Wildman–Crippen MR) is 97.8 cm³/mol. The molecule has 0 aromatic carbocycles. The zero-order valence-electron chi connectivity index (χ0n) is 16.2. The second kappa shape index (κ2) is 7.32. The Morgan fingerprint density at radius 3 is 2.04 bits per heavy atom. The zero-order chi connectivity index (χ0) is 18.8. The molecule has 0 aliphatic carbocycles. The molecule has 1 heterocycles. The van der Waals surface area contributed by atoms with Crippen molar-refractivity contribution in [1.82, 2.24) is 4.90 Å². The van der Waals surface area contributed by atoms with Crippen molar-refractivity contribution in [3.63, 3.8) is 0 Å². The van der Waals surface area contributed by atoms with E-state index in [0.29, 0.717) is 13.0 Å². The fourth-order valence-electron chi connectivity index (χ4n) is 2.41. The largest absolute Gasteiger partial charge is 0.482 e. The molecule has 1 saturated heterocycles. The van der Waals surface area contributed by atoms with Gasteiger partial charge in [0.15, 0.2) is 0 Å². The molecule has 0 saturated carbocycles. The molecule has 1 aliphatic heterocycles. The van der Waals surface area contributed by atoms with E-state index in [1.807, 2.05) is 48.5 Å². The molecule has 24 heavy (non-hydrogen) atoms. The van der Waals surface area contributed by atoms with Crippen molar-refractivity contribution >= 4 is 13.2 Å². The first-order valence-corrected chi connectivity index (χ1v) is 8.41. The highest BCUT2D eigenvalue weighted by atomic mass is 16.7. The van der Waals surface area contributed by atoms with Gasteiger partial charge in [-0.05, 0) is 54.9 Å². The number of rotatable bonds is 6. The predicted octanol–water partition coefficient (Wildman–Crippen LogP) is 3.99. The number of nitrogens with zero attached hydrogens (tertiary/aromatic N) is 1. The zero-order valence-corrected chi connectivity index (χ0v) is 16.2. The number of hydrogen-bond donors (Lipinski definition) is 0. The van der Waals surface area contributed by atoms with Crippen LogP contribution in [0.4, 0.5) is 4.79 Å². The lowest BCUT2D eigenvalue weighted by molar-refractivity contribution is 0.00578. The molecule has 0 radical (unpaired) electrons. The average molecular weight is 337 g/mol. The second-order valence-corrected chi connectivity index (χ2v) is 8.14. The third kappa shape index (κ3) is 4.87. The van der Waals surface area contributed by atoms with Crippen LogP contribution >= 0.6 is 0 Å². The minimum atomic E-state index is -0.578. The number of carbonyl (C=O) groups excluding carboxylic acids is 1. The number of carbonyl (C=O) groups is 1. The van der Waals surface area contributed by atoms with E-state index in [2.05, 4.69) is 13.2 Å². The summed E-state index contributed by atoms with van der Waals surface area (Å²) in [5.74, 6) is -0.337. The van der Waals surface area contributed by atoms with Crippen molar-refractivity contribution in [1.29, 1.82) is 0 Å². The number of hydrogen-bond acceptors (Lipinski definition) is 4. The highest BCUT2D eigenvalue weighted by molar-refractivity contribution is 6.48. The van der Waals surface area contributed by atoms with Gasteiger partial charge in [-0.2, -0.15) is 0 Å². The van der Waals surface area contributed by atoms with Gasteiger partial charge in [-0.25, -0.2) is 4.79 Å². The monoisotopic (exact) mass is 337 g/mol. The Balaban J connectivity index is 3.08. The first-order chi connectivity index (χ1) is 10.8. The van der Waals surface area contributed by atoms with E-state index in [1.165, 1.54) is 0 Å². The maximum absolute atomic E-state index is 12.7. The Labute approximate surface area is 147 Å². The van der Waals surface area contributed by atoms with Crippen LogP contribution in [-0.2, 0) is 14.0 Å². The molecular weight excluding hydrogens is 305 g/mol. The van der Waals surface area contributed by atoms with Gasteiger partial charge in [-0.1, -0.05) is 12.2 Å². The van der Waals surface area contributed by atoms with Crippen LogP contribution in [0.25, 0.3) is 0 Å². The summed E-state index contributed by atoms with van der Waals surface area (Å²) < 4.78 is 17.8.